The highest BCUT2D eigenvalue weighted by atomic mass is 16.6. The van der Waals surface area contributed by atoms with E-state index in [-0.39, 0.29) is 6.61 Å². The topological polar surface area (TPSA) is 143 Å². The van der Waals surface area contributed by atoms with Gasteiger partial charge < -0.3 is 19.3 Å². The van der Waals surface area contributed by atoms with Crippen LogP contribution in [-0.2, 0) is 19.9 Å². The molecule has 2 aromatic heterocycles. The van der Waals surface area contributed by atoms with Crippen molar-refractivity contribution in [3.63, 3.8) is 0 Å². The van der Waals surface area contributed by atoms with E-state index in [0.29, 0.717) is 28.4 Å². The molecule has 8 rings (SSSR count). The van der Waals surface area contributed by atoms with E-state index >= 15 is 0 Å². The van der Waals surface area contributed by atoms with E-state index in [2.05, 4.69) is 20.4 Å². The number of aromatic nitrogens is 6. The minimum absolute atomic E-state index is 0.276. The Labute approximate surface area is 328 Å². The van der Waals surface area contributed by atoms with Gasteiger partial charge in [0.05, 0.1) is 6.61 Å². The lowest BCUT2D eigenvalue weighted by Crippen LogP contribution is -2.38. The van der Waals surface area contributed by atoms with E-state index < -0.39 is 23.6 Å². The molecule has 2 unspecified atom stereocenters. The van der Waals surface area contributed by atoms with Crippen molar-refractivity contribution < 1.29 is 28.9 Å². The standard InChI is InChI=1S/C23H21N3O3.C22H19N3O3/c1-3-28-23(27)22(17-9-5-4-6-10-17)29-21-14-13-16(2)15-20(21)26-24-18-11-7-8-12-19(18)25-26;1-15-12-13-20(28-22(2,21(26)27)16-8-4-3-5-9-16)19(14-15)25-23-17-10-6-7-11-18(17)24-25/h4-15,22H,3H2,1-2H3;3-14H,1-2H3,(H,26,27). The van der Waals surface area contributed by atoms with Crippen LogP contribution in [0.4, 0.5) is 0 Å². The van der Waals surface area contributed by atoms with Crippen LogP contribution >= 0.6 is 0 Å². The van der Waals surface area contributed by atoms with Crippen LogP contribution < -0.4 is 9.47 Å². The molecule has 6 aromatic carbocycles. The first kappa shape index (κ1) is 38.0. The van der Waals surface area contributed by atoms with Crippen molar-refractivity contribution in [2.75, 3.05) is 6.61 Å². The number of hydrogen-bond acceptors (Lipinski definition) is 9. The highest BCUT2D eigenvalue weighted by molar-refractivity contribution is 5.80. The maximum atomic E-state index is 12.6. The summed E-state index contributed by atoms with van der Waals surface area (Å²) in [5.41, 5.74) is 6.03. The van der Waals surface area contributed by atoms with Crippen LogP contribution in [0, 0.1) is 13.8 Å². The van der Waals surface area contributed by atoms with Gasteiger partial charge in [0, 0.05) is 11.1 Å². The average molecular weight is 761 g/mol. The number of esters is 1. The summed E-state index contributed by atoms with van der Waals surface area (Å²) in [4.78, 5) is 27.8. The molecule has 12 heteroatoms. The zero-order valence-corrected chi connectivity index (χ0v) is 31.8. The molecule has 0 saturated carbocycles. The number of nitrogens with zero attached hydrogens (tertiary/aromatic N) is 6. The fourth-order valence-electron chi connectivity index (χ4n) is 6.12. The van der Waals surface area contributed by atoms with E-state index in [4.69, 9.17) is 14.2 Å². The molecule has 286 valence electrons. The van der Waals surface area contributed by atoms with Crippen LogP contribution in [-0.4, -0.2) is 53.6 Å². The highest BCUT2D eigenvalue weighted by Crippen LogP contribution is 2.34. The van der Waals surface area contributed by atoms with Gasteiger partial charge in [-0.3, -0.25) is 0 Å². The van der Waals surface area contributed by atoms with Gasteiger partial charge in [-0.05, 0) is 87.4 Å². The molecule has 0 radical (unpaired) electrons. The van der Waals surface area contributed by atoms with Gasteiger partial charge in [-0.15, -0.1) is 30.0 Å². The Hall–Kier alpha value is -7.34. The number of fused-ring (bicyclic) bond motifs is 2. The molecule has 0 saturated heterocycles. The lowest BCUT2D eigenvalue weighted by Gasteiger charge is -2.27. The molecule has 0 fully saturated rings. The van der Waals surface area contributed by atoms with Gasteiger partial charge >= 0.3 is 11.9 Å². The van der Waals surface area contributed by atoms with Crippen molar-refractivity contribution in [2.24, 2.45) is 0 Å². The Bertz CT molecular complexity index is 2590. The number of aryl methyl sites for hydroxylation is 2. The van der Waals surface area contributed by atoms with Gasteiger partial charge in [0.1, 0.15) is 44.9 Å². The molecule has 0 aliphatic carbocycles. The summed E-state index contributed by atoms with van der Waals surface area (Å²) in [6.45, 7) is 7.52. The van der Waals surface area contributed by atoms with Crippen LogP contribution in [0.3, 0.4) is 0 Å². The number of carboxylic acids is 1. The summed E-state index contributed by atoms with van der Waals surface area (Å²) in [5, 5.41) is 28.0. The Kier molecular flexibility index (Phi) is 11.0. The van der Waals surface area contributed by atoms with Gasteiger partial charge in [0.25, 0.3) is 0 Å². The molecule has 12 nitrogen and oxygen atoms in total. The van der Waals surface area contributed by atoms with E-state index in [1.807, 2.05) is 129 Å². The van der Waals surface area contributed by atoms with E-state index in [1.165, 1.54) is 4.80 Å². The second kappa shape index (κ2) is 16.6. The fraction of sp³-hybridized carbons (Fsp3) is 0.156. The van der Waals surface area contributed by atoms with Crippen LogP contribution in [0.2, 0.25) is 0 Å². The molecule has 0 aliphatic heterocycles. The number of ether oxygens (including phenoxy) is 3. The Morgan fingerprint density at radius 1 is 0.632 bits per heavy atom. The average Bonchev–Trinajstić information content (AvgIpc) is 3.87. The maximum absolute atomic E-state index is 12.6. The molecule has 0 spiro atoms. The van der Waals surface area contributed by atoms with Crippen LogP contribution in [0.15, 0.2) is 146 Å². The Balaban J connectivity index is 0.000000174. The first-order valence-corrected chi connectivity index (χ1v) is 18.4. The monoisotopic (exact) mass is 760 g/mol. The highest BCUT2D eigenvalue weighted by Gasteiger charge is 2.38. The molecule has 1 N–H and O–H groups in total. The van der Waals surface area contributed by atoms with Crippen molar-refractivity contribution in [3.8, 4) is 22.9 Å². The SMILES string of the molecule is CCOC(=O)C(Oc1ccc(C)cc1-n1nc2ccccc2n1)c1ccccc1.Cc1ccc(OC(C)(C(=O)O)c2ccccc2)c(-n2nc3ccccc3n2)c1. The van der Waals surface area contributed by atoms with Crippen LogP contribution in [0.25, 0.3) is 33.4 Å². The molecule has 2 atom stereocenters. The summed E-state index contributed by atoms with van der Waals surface area (Å²) < 4.78 is 17.5. The lowest BCUT2D eigenvalue weighted by atomic mass is 9.96. The van der Waals surface area contributed by atoms with Crippen molar-refractivity contribution in [3.05, 3.63) is 168 Å². The number of carboxylic acid groups (broad SMARTS) is 1. The van der Waals surface area contributed by atoms with Crippen molar-refractivity contribution in [1.29, 1.82) is 0 Å². The minimum Gasteiger partial charge on any atom is -0.478 e. The number of rotatable bonds is 11. The van der Waals surface area contributed by atoms with Crippen molar-refractivity contribution in [2.45, 2.75) is 39.4 Å². The lowest BCUT2D eigenvalue weighted by molar-refractivity contribution is -0.154. The van der Waals surface area contributed by atoms with Gasteiger partial charge in [-0.2, -0.15) is 0 Å². The number of aliphatic carboxylic acids is 1. The second-order valence-corrected chi connectivity index (χ2v) is 13.4. The molecule has 0 bridgehead atoms. The molecule has 2 heterocycles. The molecule has 0 aliphatic rings. The normalized spacial score (nSPS) is 12.6. The first-order valence-electron chi connectivity index (χ1n) is 18.4. The summed E-state index contributed by atoms with van der Waals surface area (Å²) in [5.74, 6) is -0.634. The van der Waals surface area contributed by atoms with Crippen molar-refractivity contribution >= 4 is 34.0 Å². The summed E-state index contributed by atoms with van der Waals surface area (Å²) in [7, 11) is 0. The van der Waals surface area contributed by atoms with Gasteiger partial charge in [0.2, 0.25) is 11.7 Å². The van der Waals surface area contributed by atoms with Gasteiger partial charge in [0.15, 0.2) is 0 Å². The van der Waals surface area contributed by atoms with Gasteiger partial charge in [-0.1, -0.05) is 97.1 Å². The van der Waals surface area contributed by atoms with E-state index in [0.717, 1.165) is 38.8 Å². The smallest absolute Gasteiger partial charge is 0.352 e. The predicted molar refractivity (Wildman–Crippen MR) is 216 cm³/mol. The minimum atomic E-state index is -1.56. The van der Waals surface area contributed by atoms with E-state index in [9.17, 15) is 14.7 Å². The predicted octanol–water partition coefficient (Wildman–Crippen LogP) is 8.52. The third-order valence-electron chi connectivity index (χ3n) is 9.13. The zero-order valence-electron chi connectivity index (χ0n) is 31.8. The molecule has 0 amide bonds. The van der Waals surface area contributed by atoms with Crippen LogP contribution in [0.1, 0.15) is 42.2 Å². The second-order valence-electron chi connectivity index (χ2n) is 13.4. The number of carbonyl (C=O) groups excluding carboxylic acids is 1. The third-order valence-corrected chi connectivity index (χ3v) is 9.13. The molecular formula is C45H40N6O6. The van der Waals surface area contributed by atoms with E-state index in [1.54, 1.807) is 49.0 Å². The quantitative estimate of drug-likeness (QED) is 0.127. The number of carbonyl (C=O) groups is 2. The third kappa shape index (κ3) is 8.35. The van der Waals surface area contributed by atoms with Gasteiger partial charge in [-0.25, -0.2) is 9.59 Å². The van der Waals surface area contributed by atoms with Crippen LogP contribution in [0.5, 0.6) is 11.5 Å². The van der Waals surface area contributed by atoms with Crippen molar-refractivity contribution in [1.82, 2.24) is 30.0 Å². The first-order chi connectivity index (χ1) is 27.6. The maximum Gasteiger partial charge on any atom is 0.352 e. The Morgan fingerprint density at radius 3 is 1.54 bits per heavy atom. The molecule has 57 heavy (non-hydrogen) atoms. The number of benzene rings is 6. The number of hydrogen-bond donors (Lipinski definition) is 1. The zero-order chi connectivity index (χ0) is 39.9. The Morgan fingerprint density at radius 2 is 1.07 bits per heavy atom. The summed E-state index contributed by atoms with van der Waals surface area (Å²) in [6.07, 6.45) is -0.886. The molecular weight excluding hydrogens is 721 g/mol. The largest absolute Gasteiger partial charge is 0.478 e. The molecule has 8 aromatic rings. The summed E-state index contributed by atoms with van der Waals surface area (Å²) in [6, 6.07) is 44.6. The summed E-state index contributed by atoms with van der Waals surface area (Å²) >= 11 is 0. The fourth-order valence-corrected chi connectivity index (χ4v) is 6.12.